The molecule has 4 nitrogen and oxygen atoms in total. The van der Waals surface area contributed by atoms with E-state index in [4.69, 9.17) is 4.74 Å². The Kier molecular flexibility index (Phi) is 6.29. The number of fused-ring (bicyclic) bond motifs is 1. The number of nitrogens with zero attached hydrogens (tertiary/aromatic N) is 1. The van der Waals surface area contributed by atoms with E-state index >= 15 is 0 Å². The molecule has 0 aliphatic carbocycles. The number of methoxy groups -OCH3 is 1. The number of ether oxygens (including phenoxy) is 1. The Morgan fingerprint density at radius 3 is 2.62 bits per heavy atom. The van der Waals surface area contributed by atoms with Gasteiger partial charge >= 0.3 is 0 Å². The van der Waals surface area contributed by atoms with Crippen LogP contribution in [0.25, 0.3) is 0 Å². The maximum atomic E-state index is 12.2. The van der Waals surface area contributed by atoms with Gasteiger partial charge in [0.15, 0.2) is 0 Å². The molecule has 26 heavy (non-hydrogen) atoms. The molecule has 1 aliphatic heterocycles. The smallest absolute Gasteiger partial charge is 0.220 e. The Morgan fingerprint density at radius 1 is 1.15 bits per heavy atom. The first-order valence-electron chi connectivity index (χ1n) is 9.36. The molecule has 1 atom stereocenters. The number of aryl methyl sites for hydroxylation is 1. The van der Waals surface area contributed by atoms with E-state index in [1.165, 1.54) is 11.1 Å². The standard InChI is InChI=1S/C22H28N2O2/c1-17(24-14-13-19-5-3-4-6-20(19)16-24)15-23-22(25)12-9-18-7-10-21(26-2)11-8-18/h3-8,10-11,17H,9,12-16H2,1-2H3,(H,23,25). The molecule has 1 N–H and O–H groups in total. The largest absolute Gasteiger partial charge is 0.497 e. The predicted octanol–water partition coefficient (Wildman–Crippen LogP) is 3.19. The molecule has 2 aromatic carbocycles. The summed E-state index contributed by atoms with van der Waals surface area (Å²) in [4.78, 5) is 14.6. The maximum Gasteiger partial charge on any atom is 0.220 e. The minimum atomic E-state index is 0.116. The van der Waals surface area contributed by atoms with Gasteiger partial charge in [-0.05, 0) is 48.6 Å². The molecule has 0 saturated carbocycles. The number of carbonyl (C=O) groups excluding carboxylic acids is 1. The van der Waals surface area contributed by atoms with Gasteiger partial charge in [0, 0.05) is 32.1 Å². The van der Waals surface area contributed by atoms with E-state index in [-0.39, 0.29) is 5.91 Å². The summed E-state index contributed by atoms with van der Waals surface area (Å²) in [5.74, 6) is 0.959. The van der Waals surface area contributed by atoms with Crippen LogP contribution in [0, 0.1) is 0 Å². The molecule has 0 spiro atoms. The molecule has 1 unspecified atom stereocenters. The van der Waals surface area contributed by atoms with Gasteiger partial charge in [-0.2, -0.15) is 0 Å². The van der Waals surface area contributed by atoms with Gasteiger partial charge in [-0.15, -0.1) is 0 Å². The quantitative estimate of drug-likeness (QED) is 0.832. The van der Waals surface area contributed by atoms with E-state index < -0.39 is 0 Å². The summed E-state index contributed by atoms with van der Waals surface area (Å²) in [6, 6.07) is 16.9. The van der Waals surface area contributed by atoms with Crippen molar-refractivity contribution in [2.75, 3.05) is 20.2 Å². The first-order valence-corrected chi connectivity index (χ1v) is 9.36. The molecule has 0 saturated heterocycles. The number of hydrogen-bond acceptors (Lipinski definition) is 3. The van der Waals surface area contributed by atoms with Crippen LogP contribution in [0.4, 0.5) is 0 Å². The molecule has 0 aromatic heterocycles. The summed E-state index contributed by atoms with van der Waals surface area (Å²) in [6.07, 6.45) is 2.36. The van der Waals surface area contributed by atoms with E-state index in [0.717, 1.165) is 37.2 Å². The van der Waals surface area contributed by atoms with Crippen LogP contribution < -0.4 is 10.1 Å². The molecule has 1 aliphatic rings. The highest BCUT2D eigenvalue weighted by Crippen LogP contribution is 2.20. The summed E-state index contributed by atoms with van der Waals surface area (Å²) >= 11 is 0. The highest BCUT2D eigenvalue weighted by molar-refractivity contribution is 5.76. The normalized spacial score (nSPS) is 15.2. The average molecular weight is 352 g/mol. The molecule has 0 bridgehead atoms. The Bertz CT molecular complexity index is 727. The lowest BCUT2D eigenvalue weighted by Crippen LogP contribution is -2.44. The monoisotopic (exact) mass is 352 g/mol. The molecule has 1 amide bonds. The zero-order valence-electron chi connectivity index (χ0n) is 15.7. The van der Waals surface area contributed by atoms with Crippen molar-refractivity contribution in [3.8, 4) is 5.75 Å². The number of carbonyl (C=O) groups is 1. The molecule has 3 rings (SSSR count). The molecular weight excluding hydrogens is 324 g/mol. The second-order valence-corrected chi connectivity index (χ2v) is 6.99. The average Bonchev–Trinajstić information content (AvgIpc) is 2.70. The van der Waals surface area contributed by atoms with E-state index in [0.29, 0.717) is 19.0 Å². The van der Waals surface area contributed by atoms with E-state index in [1.54, 1.807) is 7.11 Å². The lowest BCUT2D eigenvalue weighted by molar-refractivity contribution is -0.121. The Balaban J connectivity index is 1.41. The van der Waals surface area contributed by atoms with Gasteiger partial charge in [0.05, 0.1) is 7.11 Å². The first-order chi connectivity index (χ1) is 12.7. The third-order valence-electron chi connectivity index (χ3n) is 5.18. The minimum absolute atomic E-state index is 0.116. The third-order valence-corrected chi connectivity index (χ3v) is 5.18. The zero-order valence-corrected chi connectivity index (χ0v) is 15.7. The van der Waals surface area contributed by atoms with Gasteiger partial charge in [-0.1, -0.05) is 36.4 Å². The second-order valence-electron chi connectivity index (χ2n) is 6.99. The second kappa shape index (κ2) is 8.86. The number of nitrogens with one attached hydrogen (secondary N) is 1. The van der Waals surface area contributed by atoms with E-state index in [1.807, 2.05) is 24.3 Å². The van der Waals surface area contributed by atoms with E-state index in [2.05, 4.69) is 41.4 Å². The molecule has 1 heterocycles. The van der Waals surface area contributed by atoms with Crippen LogP contribution in [0.15, 0.2) is 48.5 Å². The molecule has 0 fully saturated rings. The molecule has 4 heteroatoms. The maximum absolute atomic E-state index is 12.2. The number of rotatable bonds is 7. The lowest BCUT2D eigenvalue weighted by Gasteiger charge is -2.33. The van der Waals surface area contributed by atoms with Gasteiger partial charge < -0.3 is 10.1 Å². The summed E-state index contributed by atoms with van der Waals surface area (Å²) in [6.45, 7) is 4.92. The van der Waals surface area contributed by atoms with Gasteiger partial charge in [0.25, 0.3) is 0 Å². The van der Waals surface area contributed by atoms with Crippen molar-refractivity contribution >= 4 is 5.91 Å². The van der Waals surface area contributed by atoms with Crippen molar-refractivity contribution in [1.29, 1.82) is 0 Å². The fourth-order valence-electron chi connectivity index (χ4n) is 3.42. The highest BCUT2D eigenvalue weighted by Gasteiger charge is 2.20. The van der Waals surface area contributed by atoms with Gasteiger partial charge in [-0.3, -0.25) is 9.69 Å². The van der Waals surface area contributed by atoms with Crippen LogP contribution in [-0.4, -0.2) is 37.0 Å². The number of benzene rings is 2. The van der Waals surface area contributed by atoms with Gasteiger partial charge in [0.2, 0.25) is 5.91 Å². The molecule has 0 radical (unpaired) electrons. The Labute approximate surface area is 156 Å². The Hall–Kier alpha value is -2.33. The number of amides is 1. The summed E-state index contributed by atoms with van der Waals surface area (Å²) < 4.78 is 5.16. The summed E-state index contributed by atoms with van der Waals surface area (Å²) in [7, 11) is 1.66. The minimum Gasteiger partial charge on any atom is -0.497 e. The van der Waals surface area contributed by atoms with Crippen molar-refractivity contribution in [2.24, 2.45) is 0 Å². The molecule has 138 valence electrons. The van der Waals surface area contributed by atoms with Crippen LogP contribution in [0.1, 0.15) is 30.0 Å². The summed E-state index contributed by atoms with van der Waals surface area (Å²) in [5, 5.41) is 3.09. The molecule has 2 aromatic rings. The van der Waals surface area contributed by atoms with Crippen molar-refractivity contribution in [1.82, 2.24) is 10.2 Å². The zero-order chi connectivity index (χ0) is 18.4. The number of hydrogen-bond donors (Lipinski definition) is 1. The van der Waals surface area contributed by atoms with Crippen molar-refractivity contribution in [3.05, 3.63) is 65.2 Å². The lowest BCUT2D eigenvalue weighted by atomic mass is 9.99. The van der Waals surface area contributed by atoms with Crippen molar-refractivity contribution in [2.45, 2.75) is 38.8 Å². The fraction of sp³-hybridized carbons (Fsp3) is 0.409. The molecular formula is C22H28N2O2. The first kappa shape index (κ1) is 18.5. The van der Waals surface area contributed by atoms with Crippen molar-refractivity contribution < 1.29 is 9.53 Å². The van der Waals surface area contributed by atoms with Crippen LogP contribution >= 0.6 is 0 Å². The van der Waals surface area contributed by atoms with Gasteiger partial charge in [-0.25, -0.2) is 0 Å². The highest BCUT2D eigenvalue weighted by atomic mass is 16.5. The van der Waals surface area contributed by atoms with E-state index in [9.17, 15) is 4.79 Å². The van der Waals surface area contributed by atoms with Crippen LogP contribution in [0.2, 0.25) is 0 Å². The topological polar surface area (TPSA) is 41.6 Å². The summed E-state index contributed by atoms with van der Waals surface area (Å²) in [5.41, 5.74) is 4.03. The van der Waals surface area contributed by atoms with Crippen LogP contribution in [0.3, 0.4) is 0 Å². The van der Waals surface area contributed by atoms with Crippen LogP contribution in [-0.2, 0) is 24.2 Å². The van der Waals surface area contributed by atoms with Crippen LogP contribution in [0.5, 0.6) is 5.75 Å². The SMILES string of the molecule is COc1ccc(CCC(=O)NCC(C)N2CCc3ccccc3C2)cc1. The third kappa shape index (κ3) is 4.85. The fourth-order valence-corrected chi connectivity index (χ4v) is 3.42. The van der Waals surface area contributed by atoms with Crippen molar-refractivity contribution in [3.63, 3.8) is 0 Å². The Morgan fingerprint density at radius 2 is 1.88 bits per heavy atom. The predicted molar refractivity (Wildman–Crippen MR) is 104 cm³/mol. The van der Waals surface area contributed by atoms with Gasteiger partial charge in [0.1, 0.15) is 5.75 Å².